The number of ether oxygens (including phenoxy) is 2. The van der Waals surface area contributed by atoms with Gasteiger partial charge in [-0.15, -0.1) is 6.58 Å². The predicted molar refractivity (Wildman–Crippen MR) is 152 cm³/mol. The zero-order chi connectivity index (χ0) is 29.7. The topological polar surface area (TPSA) is 144 Å². The summed E-state index contributed by atoms with van der Waals surface area (Å²) in [6.45, 7) is 10.9. The quantitative estimate of drug-likeness (QED) is 0.451. The first kappa shape index (κ1) is 28.8. The largest absolute Gasteiger partial charge is 0.472 e. The van der Waals surface area contributed by atoms with Crippen molar-refractivity contribution in [3.05, 3.63) is 48.7 Å². The summed E-state index contributed by atoms with van der Waals surface area (Å²) in [6, 6.07) is 6.70. The van der Waals surface area contributed by atoms with Gasteiger partial charge in [-0.05, 0) is 64.0 Å². The fourth-order valence-electron chi connectivity index (χ4n) is 5.29. The molecule has 3 aliphatic rings. The lowest BCUT2D eigenvalue weighted by Gasteiger charge is -2.29. The Morgan fingerprint density at radius 3 is 2.56 bits per heavy atom. The molecule has 2 N–H and O–H groups in total. The van der Waals surface area contributed by atoms with E-state index < -0.39 is 62.4 Å². The third kappa shape index (κ3) is 5.88. The van der Waals surface area contributed by atoms with E-state index in [1.165, 1.54) is 11.0 Å². The van der Waals surface area contributed by atoms with Gasteiger partial charge < -0.3 is 14.8 Å². The van der Waals surface area contributed by atoms with Crippen LogP contribution < -0.4 is 14.8 Å². The maximum atomic E-state index is 13.7. The average molecular weight is 585 g/mol. The van der Waals surface area contributed by atoms with Gasteiger partial charge in [0.25, 0.3) is 5.91 Å². The Morgan fingerprint density at radius 2 is 1.93 bits per heavy atom. The Kier molecular flexibility index (Phi) is 7.25. The second kappa shape index (κ2) is 10.3. The van der Waals surface area contributed by atoms with Crippen LogP contribution in [0, 0.1) is 12.8 Å². The van der Waals surface area contributed by atoms with Gasteiger partial charge in [0, 0.05) is 23.9 Å². The first-order chi connectivity index (χ1) is 19.2. The fraction of sp³-hybridized carbons (Fsp3) is 0.517. The molecule has 1 aromatic carbocycles. The van der Waals surface area contributed by atoms with Gasteiger partial charge in [0.05, 0.1) is 11.8 Å². The third-order valence-corrected chi connectivity index (χ3v) is 9.50. The third-order valence-electron chi connectivity index (χ3n) is 7.69. The van der Waals surface area contributed by atoms with Crippen LogP contribution >= 0.6 is 0 Å². The SMILES string of the molecule is C=C[C@@H]1C[C@]1(NC(=O)C1C[C@@H](Oc2nccc3cccc(C)c23)CN1C(=O)OC(C)(C)C)C(=O)NS(=O)(=O)C1CC1. The van der Waals surface area contributed by atoms with Crippen molar-refractivity contribution in [1.82, 2.24) is 19.9 Å². The lowest BCUT2D eigenvalue weighted by Crippen LogP contribution is -2.56. The van der Waals surface area contributed by atoms with E-state index in [-0.39, 0.29) is 19.4 Å². The van der Waals surface area contributed by atoms with Crippen LogP contribution in [0.5, 0.6) is 5.88 Å². The molecule has 0 bridgehead atoms. The molecule has 1 saturated heterocycles. The van der Waals surface area contributed by atoms with E-state index in [0.29, 0.717) is 18.7 Å². The smallest absolute Gasteiger partial charge is 0.411 e. The van der Waals surface area contributed by atoms with E-state index in [1.807, 2.05) is 31.2 Å². The summed E-state index contributed by atoms with van der Waals surface area (Å²) in [5.41, 5.74) is -1.30. The molecule has 220 valence electrons. The number of fused-ring (bicyclic) bond motifs is 1. The Bertz CT molecular complexity index is 1510. The molecule has 2 saturated carbocycles. The Hall–Kier alpha value is -3.67. The first-order valence-electron chi connectivity index (χ1n) is 13.8. The maximum absolute atomic E-state index is 13.7. The molecular formula is C29H36N4O7S. The molecule has 1 aliphatic heterocycles. The standard InChI is InChI=1S/C29H36N4O7S/c1-6-19-15-29(19,26(35)32-41(37,38)21-10-11-21)31-24(34)22-14-20(16-33(22)27(36)40-28(3,4)5)39-25-23-17(2)8-7-9-18(23)12-13-30-25/h6-9,12-13,19-22H,1,10-11,14-16H2,2-5H3,(H,31,34)(H,32,35)/t19-,20-,22?,29-/m1/s1. The number of pyridine rings is 1. The predicted octanol–water partition coefficient (Wildman–Crippen LogP) is 2.97. The molecule has 4 atom stereocenters. The number of nitrogens with zero attached hydrogens (tertiary/aromatic N) is 2. The molecular weight excluding hydrogens is 548 g/mol. The van der Waals surface area contributed by atoms with Crippen LogP contribution in [0.2, 0.25) is 0 Å². The normalized spacial score (nSPS) is 25.9. The van der Waals surface area contributed by atoms with Crippen LogP contribution in [0.25, 0.3) is 10.8 Å². The van der Waals surface area contributed by atoms with Crippen molar-refractivity contribution >= 4 is 38.7 Å². The number of hydrogen-bond donors (Lipinski definition) is 2. The molecule has 2 heterocycles. The van der Waals surface area contributed by atoms with E-state index in [2.05, 4.69) is 21.6 Å². The molecule has 41 heavy (non-hydrogen) atoms. The van der Waals surface area contributed by atoms with Gasteiger partial charge in [-0.3, -0.25) is 19.2 Å². The van der Waals surface area contributed by atoms with Crippen LogP contribution in [-0.4, -0.2) is 71.3 Å². The summed E-state index contributed by atoms with van der Waals surface area (Å²) in [5.74, 6) is -1.46. The van der Waals surface area contributed by atoms with E-state index >= 15 is 0 Å². The molecule has 1 unspecified atom stereocenters. The highest BCUT2D eigenvalue weighted by atomic mass is 32.2. The van der Waals surface area contributed by atoms with E-state index in [0.717, 1.165) is 16.3 Å². The number of sulfonamides is 1. The summed E-state index contributed by atoms with van der Waals surface area (Å²) in [7, 11) is -3.82. The van der Waals surface area contributed by atoms with Crippen LogP contribution in [0.4, 0.5) is 4.79 Å². The highest BCUT2D eigenvalue weighted by molar-refractivity contribution is 7.91. The Labute approximate surface area is 239 Å². The monoisotopic (exact) mass is 584 g/mol. The highest BCUT2D eigenvalue weighted by Crippen LogP contribution is 2.45. The summed E-state index contributed by atoms with van der Waals surface area (Å²) >= 11 is 0. The van der Waals surface area contributed by atoms with Crippen LogP contribution in [0.3, 0.4) is 0 Å². The number of carbonyl (C=O) groups is 3. The Morgan fingerprint density at radius 1 is 1.20 bits per heavy atom. The minimum absolute atomic E-state index is 0.0527. The van der Waals surface area contributed by atoms with Crippen LogP contribution in [0.15, 0.2) is 43.1 Å². The van der Waals surface area contributed by atoms with E-state index in [4.69, 9.17) is 9.47 Å². The van der Waals surface area contributed by atoms with Gasteiger partial charge in [0.2, 0.25) is 21.8 Å². The molecule has 3 fully saturated rings. The number of benzene rings is 1. The number of aryl methyl sites for hydroxylation is 1. The van der Waals surface area contributed by atoms with E-state index in [9.17, 15) is 22.8 Å². The minimum Gasteiger partial charge on any atom is -0.472 e. The summed E-state index contributed by atoms with van der Waals surface area (Å²) in [4.78, 5) is 45.8. The van der Waals surface area contributed by atoms with Gasteiger partial charge in [0.1, 0.15) is 23.3 Å². The van der Waals surface area contributed by atoms with Crippen molar-refractivity contribution in [2.24, 2.45) is 5.92 Å². The maximum Gasteiger partial charge on any atom is 0.411 e. The number of carbonyl (C=O) groups excluding carboxylic acids is 3. The number of hydrogen-bond acceptors (Lipinski definition) is 8. The zero-order valence-corrected chi connectivity index (χ0v) is 24.5. The van der Waals surface area contributed by atoms with Crippen molar-refractivity contribution in [1.29, 1.82) is 0 Å². The average Bonchev–Trinajstić information content (AvgIpc) is 3.80. The highest BCUT2D eigenvalue weighted by Gasteiger charge is 2.62. The lowest BCUT2D eigenvalue weighted by atomic mass is 10.1. The van der Waals surface area contributed by atoms with Gasteiger partial charge in [-0.2, -0.15) is 0 Å². The van der Waals surface area contributed by atoms with Gasteiger partial charge in [0.15, 0.2) is 0 Å². The van der Waals surface area contributed by atoms with Crippen LogP contribution in [0.1, 0.15) is 52.0 Å². The van der Waals surface area contributed by atoms with Gasteiger partial charge in [-0.25, -0.2) is 18.2 Å². The second-order valence-electron chi connectivity index (χ2n) is 12.1. The van der Waals surface area contributed by atoms with Crippen molar-refractivity contribution in [2.75, 3.05) is 6.54 Å². The molecule has 2 aromatic rings. The molecule has 2 aliphatic carbocycles. The zero-order valence-electron chi connectivity index (χ0n) is 23.7. The number of aromatic nitrogens is 1. The molecule has 3 amide bonds. The van der Waals surface area contributed by atoms with E-state index in [1.54, 1.807) is 27.0 Å². The van der Waals surface area contributed by atoms with Crippen molar-refractivity contribution in [2.45, 2.75) is 81.9 Å². The number of rotatable bonds is 8. The van der Waals surface area contributed by atoms with Crippen molar-refractivity contribution in [3.63, 3.8) is 0 Å². The molecule has 0 spiro atoms. The number of likely N-dealkylation sites (tertiary alicyclic amines) is 1. The Balaban J connectivity index is 1.38. The minimum atomic E-state index is -3.82. The molecule has 5 rings (SSSR count). The summed E-state index contributed by atoms with van der Waals surface area (Å²) in [6.07, 6.45) is 3.17. The number of amides is 3. The van der Waals surface area contributed by atoms with Gasteiger partial charge >= 0.3 is 6.09 Å². The summed E-state index contributed by atoms with van der Waals surface area (Å²) < 4.78 is 38.9. The fourth-order valence-corrected chi connectivity index (χ4v) is 6.66. The lowest BCUT2D eigenvalue weighted by molar-refractivity contribution is -0.131. The molecule has 11 nitrogen and oxygen atoms in total. The molecule has 1 aromatic heterocycles. The number of nitrogens with one attached hydrogen (secondary N) is 2. The van der Waals surface area contributed by atoms with Crippen LogP contribution in [-0.2, 0) is 24.3 Å². The molecule has 12 heteroatoms. The second-order valence-corrected chi connectivity index (χ2v) is 14.1. The van der Waals surface area contributed by atoms with Crippen molar-refractivity contribution in [3.8, 4) is 5.88 Å². The van der Waals surface area contributed by atoms with Crippen molar-refractivity contribution < 1.29 is 32.3 Å². The molecule has 0 radical (unpaired) electrons. The first-order valence-corrected chi connectivity index (χ1v) is 15.3. The van der Waals surface area contributed by atoms with Gasteiger partial charge in [-0.1, -0.05) is 24.3 Å². The summed E-state index contributed by atoms with van der Waals surface area (Å²) in [5, 5.41) is 3.95.